The predicted octanol–water partition coefficient (Wildman–Crippen LogP) is 0.789. The molecule has 4 heteroatoms. The Morgan fingerprint density at radius 3 is 2.78 bits per heavy atom. The van der Waals surface area contributed by atoms with Gasteiger partial charge in [-0.05, 0) is 36.8 Å². The van der Waals surface area contributed by atoms with Crippen molar-refractivity contribution in [1.82, 2.24) is 9.88 Å². The van der Waals surface area contributed by atoms with Crippen LogP contribution in [0.1, 0.15) is 24.8 Å². The fourth-order valence-corrected chi connectivity index (χ4v) is 3.33. The van der Waals surface area contributed by atoms with Gasteiger partial charge in [0.05, 0.1) is 0 Å². The molecular formula is C14H20N2O2. The molecule has 2 N–H and O–H groups in total. The molecule has 4 heterocycles. The van der Waals surface area contributed by atoms with Gasteiger partial charge in [-0.25, -0.2) is 0 Å². The first-order valence-corrected chi connectivity index (χ1v) is 6.73. The lowest BCUT2D eigenvalue weighted by molar-refractivity contribution is -0.225. The zero-order valence-electron chi connectivity index (χ0n) is 10.5. The van der Waals surface area contributed by atoms with Crippen LogP contribution in [0.2, 0.25) is 0 Å². The molecule has 2 bridgehead atoms. The quantitative estimate of drug-likeness (QED) is 0.830. The Morgan fingerprint density at radius 2 is 2.22 bits per heavy atom. The molecule has 4 rings (SSSR count). The van der Waals surface area contributed by atoms with Gasteiger partial charge in [0.1, 0.15) is 11.8 Å². The number of aliphatic hydroxyl groups is 2. The second-order valence-corrected chi connectivity index (χ2v) is 5.59. The highest BCUT2D eigenvalue weighted by molar-refractivity contribution is 5.12. The van der Waals surface area contributed by atoms with E-state index in [-0.39, 0.29) is 0 Å². The predicted molar refractivity (Wildman–Crippen MR) is 67.8 cm³/mol. The van der Waals surface area contributed by atoms with Crippen LogP contribution in [-0.2, 0) is 6.42 Å². The van der Waals surface area contributed by atoms with E-state index in [2.05, 4.69) is 4.98 Å². The van der Waals surface area contributed by atoms with E-state index in [0.717, 1.165) is 31.5 Å². The number of aromatic nitrogens is 1. The van der Waals surface area contributed by atoms with E-state index < -0.39 is 11.8 Å². The standard InChI is InChI=1S/C14H20N2O2/c17-13(8-12-2-1-5-15-10-12)14(18)9-11-3-6-16(14)7-4-11/h1-2,5,10-11,13,17-18H,3-4,6-9H2. The average Bonchev–Trinajstić information content (AvgIpc) is 2.41. The summed E-state index contributed by atoms with van der Waals surface area (Å²) in [6, 6.07) is 3.80. The van der Waals surface area contributed by atoms with Crippen LogP contribution in [0.3, 0.4) is 0 Å². The molecule has 3 fully saturated rings. The van der Waals surface area contributed by atoms with E-state index in [0.29, 0.717) is 18.8 Å². The van der Waals surface area contributed by atoms with Gasteiger partial charge in [-0.15, -0.1) is 0 Å². The first-order valence-electron chi connectivity index (χ1n) is 6.73. The Morgan fingerprint density at radius 1 is 1.44 bits per heavy atom. The van der Waals surface area contributed by atoms with Crippen LogP contribution in [0.25, 0.3) is 0 Å². The smallest absolute Gasteiger partial charge is 0.145 e. The summed E-state index contributed by atoms with van der Waals surface area (Å²) in [5, 5.41) is 21.1. The van der Waals surface area contributed by atoms with Crippen molar-refractivity contribution in [2.24, 2.45) is 5.92 Å². The zero-order chi connectivity index (χ0) is 12.6. The van der Waals surface area contributed by atoms with Crippen molar-refractivity contribution >= 4 is 0 Å². The second kappa shape index (κ2) is 4.61. The number of nitrogens with zero attached hydrogens (tertiary/aromatic N) is 2. The van der Waals surface area contributed by atoms with Gasteiger partial charge in [-0.1, -0.05) is 6.07 Å². The lowest BCUT2D eigenvalue weighted by atomic mass is 9.77. The lowest BCUT2D eigenvalue weighted by Gasteiger charge is -2.53. The largest absolute Gasteiger partial charge is 0.388 e. The highest BCUT2D eigenvalue weighted by atomic mass is 16.4. The van der Waals surface area contributed by atoms with E-state index in [9.17, 15) is 10.2 Å². The summed E-state index contributed by atoms with van der Waals surface area (Å²) in [7, 11) is 0. The second-order valence-electron chi connectivity index (χ2n) is 5.59. The first-order chi connectivity index (χ1) is 8.68. The molecule has 98 valence electrons. The maximum Gasteiger partial charge on any atom is 0.145 e. The molecule has 3 aliphatic rings. The maximum atomic E-state index is 10.7. The van der Waals surface area contributed by atoms with Gasteiger partial charge >= 0.3 is 0 Å². The Balaban J connectivity index is 1.74. The number of rotatable bonds is 3. The summed E-state index contributed by atoms with van der Waals surface area (Å²) in [6.45, 7) is 1.82. The van der Waals surface area contributed by atoms with Crippen molar-refractivity contribution in [3.05, 3.63) is 30.1 Å². The number of piperidine rings is 3. The third-order valence-electron chi connectivity index (χ3n) is 4.44. The third kappa shape index (κ3) is 2.05. The first kappa shape index (κ1) is 12.1. The molecule has 0 saturated carbocycles. The van der Waals surface area contributed by atoms with Gasteiger partial charge in [0.15, 0.2) is 0 Å². The molecule has 0 radical (unpaired) electrons. The Hall–Kier alpha value is -0.970. The highest BCUT2D eigenvalue weighted by Gasteiger charge is 2.48. The van der Waals surface area contributed by atoms with Crippen molar-refractivity contribution < 1.29 is 10.2 Å². The van der Waals surface area contributed by atoms with E-state index in [1.165, 1.54) is 0 Å². The minimum Gasteiger partial charge on any atom is -0.388 e. The SMILES string of the molecule is OC(Cc1cccnc1)C1(O)CC2CCN1CC2. The number of fused-ring (bicyclic) bond motifs is 3. The van der Waals surface area contributed by atoms with Gasteiger partial charge in [-0.2, -0.15) is 0 Å². The number of hydrogen-bond donors (Lipinski definition) is 2. The lowest BCUT2D eigenvalue weighted by Crippen LogP contribution is -2.64. The van der Waals surface area contributed by atoms with E-state index in [4.69, 9.17) is 0 Å². The molecule has 0 aliphatic carbocycles. The normalized spacial score (nSPS) is 36.6. The molecule has 3 saturated heterocycles. The summed E-state index contributed by atoms with van der Waals surface area (Å²) < 4.78 is 0. The van der Waals surface area contributed by atoms with Gasteiger partial charge in [0, 0.05) is 31.9 Å². The molecule has 1 aromatic rings. The van der Waals surface area contributed by atoms with Crippen molar-refractivity contribution in [3.8, 4) is 0 Å². The van der Waals surface area contributed by atoms with E-state index in [1.807, 2.05) is 17.0 Å². The molecule has 3 aliphatic heterocycles. The summed E-state index contributed by atoms with van der Waals surface area (Å²) in [5.74, 6) is 0.573. The van der Waals surface area contributed by atoms with Gasteiger partial charge in [0.2, 0.25) is 0 Å². The summed E-state index contributed by atoms with van der Waals surface area (Å²) in [6.07, 6.45) is 6.22. The highest BCUT2D eigenvalue weighted by Crippen LogP contribution is 2.40. The molecule has 0 spiro atoms. The fraction of sp³-hybridized carbons (Fsp3) is 0.643. The van der Waals surface area contributed by atoms with Crippen molar-refractivity contribution in [2.75, 3.05) is 13.1 Å². The summed E-state index contributed by atoms with van der Waals surface area (Å²) >= 11 is 0. The van der Waals surface area contributed by atoms with E-state index >= 15 is 0 Å². The maximum absolute atomic E-state index is 10.7. The molecule has 1 aromatic heterocycles. The molecular weight excluding hydrogens is 228 g/mol. The average molecular weight is 248 g/mol. The topological polar surface area (TPSA) is 56.6 Å². The molecule has 2 atom stereocenters. The Kier molecular flexibility index (Phi) is 3.09. The monoisotopic (exact) mass is 248 g/mol. The minimum atomic E-state index is -1.03. The molecule has 2 unspecified atom stereocenters. The van der Waals surface area contributed by atoms with Crippen LogP contribution in [-0.4, -0.2) is 45.0 Å². The van der Waals surface area contributed by atoms with Crippen LogP contribution in [0, 0.1) is 5.92 Å². The molecule has 4 nitrogen and oxygen atoms in total. The van der Waals surface area contributed by atoms with Crippen LogP contribution < -0.4 is 0 Å². The van der Waals surface area contributed by atoms with Crippen LogP contribution in [0.4, 0.5) is 0 Å². The molecule has 0 amide bonds. The molecule has 18 heavy (non-hydrogen) atoms. The van der Waals surface area contributed by atoms with Crippen LogP contribution in [0.5, 0.6) is 0 Å². The summed E-state index contributed by atoms with van der Waals surface area (Å²) in [4.78, 5) is 6.10. The number of pyridine rings is 1. The number of aliphatic hydroxyl groups excluding tert-OH is 1. The fourth-order valence-electron chi connectivity index (χ4n) is 3.33. The minimum absolute atomic E-state index is 0.466. The van der Waals surface area contributed by atoms with Crippen LogP contribution in [0.15, 0.2) is 24.5 Å². The van der Waals surface area contributed by atoms with Gasteiger partial charge < -0.3 is 10.2 Å². The van der Waals surface area contributed by atoms with Crippen molar-refractivity contribution in [3.63, 3.8) is 0 Å². The zero-order valence-corrected chi connectivity index (χ0v) is 10.5. The van der Waals surface area contributed by atoms with Crippen molar-refractivity contribution in [1.29, 1.82) is 0 Å². The van der Waals surface area contributed by atoms with Crippen molar-refractivity contribution in [2.45, 2.75) is 37.5 Å². The number of hydrogen-bond acceptors (Lipinski definition) is 4. The van der Waals surface area contributed by atoms with Gasteiger partial charge in [0.25, 0.3) is 0 Å². The summed E-state index contributed by atoms with van der Waals surface area (Å²) in [5.41, 5.74) is -0.0575. The van der Waals surface area contributed by atoms with Gasteiger partial charge in [-0.3, -0.25) is 9.88 Å². The van der Waals surface area contributed by atoms with Crippen LogP contribution >= 0.6 is 0 Å². The third-order valence-corrected chi connectivity index (χ3v) is 4.44. The Labute approximate surface area is 107 Å². The van der Waals surface area contributed by atoms with E-state index in [1.54, 1.807) is 12.4 Å². The molecule has 0 aromatic carbocycles. The Bertz CT molecular complexity index is 404.